The van der Waals surface area contributed by atoms with Crippen LogP contribution in [-0.2, 0) is 0 Å². The lowest BCUT2D eigenvalue weighted by molar-refractivity contribution is 0.138. The lowest BCUT2D eigenvalue weighted by Crippen LogP contribution is -2.22. The van der Waals surface area contributed by atoms with Crippen LogP contribution in [0.4, 0.5) is 5.82 Å². The largest absolute Gasteiger partial charge is 0.393 e. The van der Waals surface area contributed by atoms with Crippen LogP contribution in [0.2, 0.25) is 0 Å². The van der Waals surface area contributed by atoms with Crippen molar-refractivity contribution in [3.05, 3.63) is 6.33 Å². The normalized spacial score (nSPS) is 23.1. The van der Waals surface area contributed by atoms with Crippen LogP contribution in [0.25, 0.3) is 10.3 Å². The van der Waals surface area contributed by atoms with Gasteiger partial charge >= 0.3 is 0 Å². The molecule has 1 saturated carbocycles. The fraction of sp³-hybridized carbons (Fsp3) is 0.583. The zero-order valence-corrected chi connectivity index (χ0v) is 12.3. The molecule has 1 aliphatic rings. The number of nitrogens with zero attached hydrogens (tertiary/aromatic N) is 3. The van der Waals surface area contributed by atoms with Gasteiger partial charge < -0.3 is 10.4 Å². The summed E-state index contributed by atoms with van der Waals surface area (Å²) in [4.78, 5) is 12.9. The third-order valence-electron chi connectivity index (χ3n) is 3.50. The first-order valence-electron chi connectivity index (χ1n) is 6.35. The maximum Gasteiger partial charge on any atom is 0.176 e. The SMILES string of the molecule is CSc1nc2ncnc(NCC3CCCC3O)c2s1. The Morgan fingerprint density at radius 2 is 2.37 bits per heavy atom. The monoisotopic (exact) mass is 296 g/mol. The van der Waals surface area contributed by atoms with E-state index in [9.17, 15) is 5.11 Å². The Labute approximate surface area is 119 Å². The third kappa shape index (κ3) is 2.68. The molecule has 2 unspecified atom stereocenters. The van der Waals surface area contributed by atoms with E-state index in [1.807, 2.05) is 6.26 Å². The van der Waals surface area contributed by atoms with Crippen LogP contribution in [0, 0.1) is 5.92 Å². The molecule has 0 amide bonds. The molecule has 2 heterocycles. The highest BCUT2D eigenvalue weighted by Crippen LogP contribution is 2.32. The van der Waals surface area contributed by atoms with Crippen molar-refractivity contribution in [2.24, 2.45) is 5.92 Å². The second-order valence-corrected chi connectivity index (χ2v) is 6.75. The molecule has 0 saturated heterocycles. The first-order valence-corrected chi connectivity index (χ1v) is 8.39. The van der Waals surface area contributed by atoms with Gasteiger partial charge in [-0.05, 0) is 19.1 Å². The van der Waals surface area contributed by atoms with Gasteiger partial charge in [-0.25, -0.2) is 15.0 Å². The standard InChI is InChI=1S/C12H16N4OS2/c1-18-12-16-11-9(19-12)10(14-6-15-11)13-5-7-3-2-4-8(7)17/h6-8,17H,2-5H2,1H3,(H,13,14,15). The molecule has 19 heavy (non-hydrogen) atoms. The molecule has 1 fully saturated rings. The predicted molar refractivity (Wildman–Crippen MR) is 78.8 cm³/mol. The van der Waals surface area contributed by atoms with Crippen LogP contribution < -0.4 is 5.32 Å². The molecule has 7 heteroatoms. The summed E-state index contributed by atoms with van der Waals surface area (Å²) >= 11 is 3.23. The number of nitrogens with one attached hydrogen (secondary N) is 1. The molecule has 2 N–H and O–H groups in total. The minimum Gasteiger partial charge on any atom is -0.393 e. The number of rotatable bonds is 4. The van der Waals surface area contributed by atoms with Gasteiger partial charge in [-0.1, -0.05) is 18.2 Å². The lowest BCUT2D eigenvalue weighted by Gasteiger charge is -2.15. The van der Waals surface area contributed by atoms with E-state index in [-0.39, 0.29) is 6.10 Å². The van der Waals surface area contributed by atoms with E-state index in [1.54, 1.807) is 29.4 Å². The van der Waals surface area contributed by atoms with Gasteiger partial charge in [-0.15, -0.1) is 11.3 Å². The summed E-state index contributed by atoms with van der Waals surface area (Å²) in [5, 5.41) is 13.2. The van der Waals surface area contributed by atoms with Crippen LogP contribution in [0.5, 0.6) is 0 Å². The summed E-state index contributed by atoms with van der Waals surface area (Å²) in [6.07, 6.45) is 6.49. The van der Waals surface area contributed by atoms with E-state index >= 15 is 0 Å². The predicted octanol–water partition coefficient (Wildman–Crippen LogP) is 2.38. The summed E-state index contributed by atoms with van der Waals surface area (Å²) in [5.41, 5.74) is 0.749. The minimum atomic E-state index is -0.173. The number of thiazole rings is 1. The van der Waals surface area contributed by atoms with Crippen molar-refractivity contribution in [1.82, 2.24) is 15.0 Å². The fourth-order valence-electron chi connectivity index (χ4n) is 2.43. The molecule has 0 aliphatic heterocycles. The molecule has 2 aromatic heterocycles. The van der Waals surface area contributed by atoms with E-state index in [1.165, 1.54) is 0 Å². The minimum absolute atomic E-state index is 0.173. The molecule has 0 radical (unpaired) electrons. The Kier molecular flexibility index (Phi) is 3.86. The zero-order valence-electron chi connectivity index (χ0n) is 10.7. The van der Waals surface area contributed by atoms with Crippen molar-refractivity contribution >= 4 is 39.3 Å². The molecule has 0 bridgehead atoms. The van der Waals surface area contributed by atoms with Gasteiger partial charge in [0, 0.05) is 12.5 Å². The summed E-state index contributed by atoms with van der Waals surface area (Å²) in [7, 11) is 0. The van der Waals surface area contributed by atoms with E-state index in [0.717, 1.165) is 46.3 Å². The number of hydrogen-bond donors (Lipinski definition) is 2. The Hall–Kier alpha value is -0.920. The maximum absolute atomic E-state index is 9.84. The first-order chi connectivity index (χ1) is 9.28. The molecular weight excluding hydrogens is 280 g/mol. The van der Waals surface area contributed by atoms with Crippen molar-refractivity contribution < 1.29 is 5.11 Å². The van der Waals surface area contributed by atoms with E-state index in [4.69, 9.17) is 0 Å². The van der Waals surface area contributed by atoms with E-state index in [0.29, 0.717) is 5.92 Å². The van der Waals surface area contributed by atoms with Crippen molar-refractivity contribution in [2.45, 2.75) is 29.7 Å². The van der Waals surface area contributed by atoms with Crippen LogP contribution in [0.15, 0.2) is 10.7 Å². The van der Waals surface area contributed by atoms with Crippen molar-refractivity contribution in [1.29, 1.82) is 0 Å². The highest BCUT2D eigenvalue weighted by molar-refractivity contribution is 8.00. The van der Waals surface area contributed by atoms with E-state index < -0.39 is 0 Å². The van der Waals surface area contributed by atoms with Gasteiger partial charge in [0.2, 0.25) is 0 Å². The number of hydrogen-bond acceptors (Lipinski definition) is 7. The molecule has 3 rings (SSSR count). The molecule has 0 aromatic carbocycles. The van der Waals surface area contributed by atoms with Crippen LogP contribution in [0.3, 0.4) is 0 Å². The number of aliphatic hydroxyl groups is 1. The second kappa shape index (κ2) is 5.60. The summed E-state index contributed by atoms with van der Waals surface area (Å²) < 4.78 is 2.00. The van der Waals surface area contributed by atoms with Gasteiger partial charge in [-0.2, -0.15) is 0 Å². The van der Waals surface area contributed by atoms with Gasteiger partial charge in [-0.3, -0.25) is 0 Å². The smallest absolute Gasteiger partial charge is 0.176 e. The highest BCUT2D eigenvalue weighted by atomic mass is 32.2. The molecule has 102 valence electrons. The summed E-state index contributed by atoms with van der Waals surface area (Å²) in [5.74, 6) is 1.17. The zero-order chi connectivity index (χ0) is 13.2. The summed E-state index contributed by atoms with van der Waals surface area (Å²) in [6, 6.07) is 0. The van der Waals surface area contributed by atoms with Crippen LogP contribution >= 0.6 is 23.1 Å². The molecular formula is C12H16N4OS2. The average molecular weight is 296 g/mol. The highest BCUT2D eigenvalue weighted by Gasteiger charge is 2.25. The Bertz CT molecular complexity index is 574. The van der Waals surface area contributed by atoms with Crippen LogP contribution in [0.1, 0.15) is 19.3 Å². The van der Waals surface area contributed by atoms with Crippen molar-refractivity contribution in [3.8, 4) is 0 Å². The Morgan fingerprint density at radius 3 is 3.11 bits per heavy atom. The van der Waals surface area contributed by atoms with Crippen molar-refractivity contribution in [3.63, 3.8) is 0 Å². The van der Waals surface area contributed by atoms with E-state index in [2.05, 4.69) is 20.3 Å². The topological polar surface area (TPSA) is 70.9 Å². The van der Waals surface area contributed by atoms with Gasteiger partial charge in [0.1, 0.15) is 16.8 Å². The van der Waals surface area contributed by atoms with Gasteiger partial charge in [0.05, 0.1) is 6.10 Å². The van der Waals surface area contributed by atoms with Gasteiger partial charge in [0.25, 0.3) is 0 Å². The van der Waals surface area contributed by atoms with Crippen molar-refractivity contribution in [2.75, 3.05) is 18.1 Å². The quantitative estimate of drug-likeness (QED) is 0.844. The number of anilines is 1. The molecule has 2 aromatic rings. The molecule has 5 nitrogen and oxygen atoms in total. The number of aliphatic hydroxyl groups excluding tert-OH is 1. The fourth-order valence-corrected chi connectivity index (χ4v) is 3.91. The maximum atomic E-state index is 9.84. The van der Waals surface area contributed by atoms with Crippen LogP contribution in [-0.4, -0.2) is 39.0 Å². The Morgan fingerprint density at radius 1 is 1.47 bits per heavy atom. The summed E-state index contributed by atoms with van der Waals surface area (Å²) in [6.45, 7) is 0.764. The second-order valence-electron chi connectivity index (χ2n) is 4.70. The molecule has 0 spiro atoms. The third-order valence-corrected chi connectivity index (χ3v) is 5.53. The molecule has 1 aliphatic carbocycles. The Balaban J connectivity index is 1.78. The number of thioether (sulfide) groups is 1. The molecule has 2 atom stereocenters. The van der Waals surface area contributed by atoms with Gasteiger partial charge in [0.15, 0.2) is 9.99 Å². The number of fused-ring (bicyclic) bond motifs is 1. The lowest BCUT2D eigenvalue weighted by atomic mass is 10.1. The first kappa shape index (κ1) is 13.1. The average Bonchev–Trinajstić information content (AvgIpc) is 3.02. The number of aromatic nitrogens is 3.